The summed E-state index contributed by atoms with van der Waals surface area (Å²) < 4.78 is 45.3. The Labute approximate surface area is 121 Å². The van der Waals surface area contributed by atoms with E-state index in [0.29, 0.717) is 10.5 Å². The van der Waals surface area contributed by atoms with Crippen LogP contribution >= 0.6 is 0 Å². The lowest BCUT2D eigenvalue weighted by molar-refractivity contribution is -0.291. The summed E-state index contributed by atoms with van der Waals surface area (Å²) in [4.78, 5) is 12.3. The van der Waals surface area contributed by atoms with Crippen LogP contribution in [-0.2, 0) is 21.5 Å². The standard InChI is InChI=1S/C15H18F3NO2/c1-4-21-13(20)12-9-10-7-5-6-8-11(10)14(2,3)19(12)15(16,17)18/h5-8,12H,4,9H2,1-3H3. The Morgan fingerprint density at radius 2 is 2.00 bits per heavy atom. The van der Waals surface area contributed by atoms with Crippen molar-refractivity contribution in [2.24, 2.45) is 0 Å². The molecule has 116 valence electrons. The maximum atomic E-state index is 13.5. The van der Waals surface area contributed by atoms with E-state index in [2.05, 4.69) is 0 Å². The number of hydrogen-bond donors (Lipinski definition) is 0. The molecular formula is C15H18F3NO2. The van der Waals surface area contributed by atoms with Crippen molar-refractivity contribution in [1.29, 1.82) is 0 Å². The summed E-state index contributed by atoms with van der Waals surface area (Å²) in [5, 5.41) is 0. The minimum absolute atomic E-state index is 0.00204. The number of fused-ring (bicyclic) bond motifs is 1. The molecule has 1 atom stereocenters. The lowest BCUT2D eigenvalue weighted by Gasteiger charge is -2.47. The lowest BCUT2D eigenvalue weighted by atomic mass is 9.80. The Bertz CT molecular complexity index is 540. The van der Waals surface area contributed by atoms with E-state index in [-0.39, 0.29) is 13.0 Å². The molecule has 3 nitrogen and oxygen atoms in total. The maximum absolute atomic E-state index is 13.5. The van der Waals surface area contributed by atoms with Crippen LogP contribution in [0.15, 0.2) is 24.3 Å². The number of alkyl halides is 3. The van der Waals surface area contributed by atoms with Gasteiger partial charge in [-0.15, -0.1) is 0 Å². The van der Waals surface area contributed by atoms with Gasteiger partial charge in [0.1, 0.15) is 6.04 Å². The van der Waals surface area contributed by atoms with Gasteiger partial charge in [0.15, 0.2) is 0 Å². The molecule has 2 rings (SSSR count). The van der Waals surface area contributed by atoms with Gasteiger partial charge in [0, 0.05) is 5.54 Å². The number of benzene rings is 1. The average molecular weight is 301 g/mol. The van der Waals surface area contributed by atoms with E-state index in [0.717, 1.165) is 5.56 Å². The van der Waals surface area contributed by atoms with E-state index >= 15 is 0 Å². The van der Waals surface area contributed by atoms with Gasteiger partial charge < -0.3 is 4.74 Å². The summed E-state index contributed by atoms with van der Waals surface area (Å²) >= 11 is 0. The van der Waals surface area contributed by atoms with Crippen LogP contribution in [0, 0.1) is 0 Å². The zero-order valence-electron chi connectivity index (χ0n) is 12.2. The van der Waals surface area contributed by atoms with Gasteiger partial charge in [-0.1, -0.05) is 24.3 Å². The smallest absolute Gasteiger partial charge is 0.461 e. The topological polar surface area (TPSA) is 29.5 Å². The molecule has 0 saturated heterocycles. The molecule has 0 N–H and O–H groups in total. The molecule has 1 aliphatic rings. The average Bonchev–Trinajstić information content (AvgIpc) is 2.36. The fraction of sp³-hybridized carbons (Fsp3) is 0.533. The third-order valence-electron chi connectivity index (χ3n) is 3.84. The Morgan fingerprint density at radius 3 is 2.57 bits per heavy atom. The third kappa shape index (κ3) is 2.77. The molecule has 0 spiro atoms. The second kappa shape index (κ2) is 5.33. The van der Waals surface area contributed by atoms with Crippen molar-refractivity contribution in [3.8, 4) is 0 Å². The number of hydrogen-bond acceptors (Lipinski definition) is 3. The van der Waals surface area contributed by atoms with Crippen LogP contribution < -0.4 is 0 Å². The second-order valence-corrected chi connectivity index (χ2v) is 5.53. The van der Waals surface area contributed by atoms with Crippen molar-refractivity contribution in [3.05, 3.63) is 35.4 Å². The van der Waals surface area contributed by atoms with Gasteiger partial charge in [0.25, 0.3) is 0 Å². The maximum Gasteiger partial charge on any atom is 0.461 e. The normalized spacial score (nSPS) is 21.7. The van der Waals surface area contributed by atoms with Gasteiger partial charge in [-0.2, -0.15) is 18.1 Å². The molecule has 0 bridgehead atoms. The van der Waals surface area contributed by atoms with Gasteiger partial charge in [-0.25, -0.2) is 0 Å². The number of halogens is 3. The first-order chi connectivity index (χ1) is 9.69. The predicted octanol–water partition coefficient (Wildman–Crippen LogP) is 3.23. The quantitative estimate of drug-likeness (QED) is 0.620. The second-order valence-electron chi connectivity index (χ2n) is 5.53. The molecule has 21 heavy (non-hydrogen) atoms. The number of esters is 1. The lowest BCUT2D eigenvalue weighted by Crippen LogP contribution is -2.61. The van der Waals surface area contributed by atoms with Gasteiger partial charge in [-0.05, 0) is 38.3 Å². The van der Waals surface area contributed by atoms with Crippen LogP contribution in [0.25, 0.3) is 0 Å². The molecule has 0 aliphatic carbocycles. The molecule has 0 radical (unpaired) electrons. The van der Waals surface area contributed by atoms with Crippen molar-refractivity contribution in [1.82, 2.24) is 4.90 Å². The van der Waals surface area contributed by atoms with Crippen LogP contribution in [0.4, 0.5) is 13.2 Å². The highest BCUT2D eigenvalue weighted by Crippen LogP contribution is 2.44. The molecule has 0 amide bonds. The highest BCUT2D eigenvalue weighted by atomic mass is 19.4. The molecule has 6 heteroatoms. The van der Waals surface area contributed by atoms with E-state index in [9.17, 15) is 18.0 Å². The fourth-order valence-electron chi connectivity index (χ4n) is 3.03. The largest absolute Gasteiger partial charge is 0.465 e. The zero-order chi connectivity index (χ0) is 15.8. The minimum atomic E-state index is -4.62. The highest BCUT2D eigenvalue weighted by molar-refractivity contribution is 5.77. The predicted molar refractivity (Wildman–Crippen MR) is 71.5 cm³/mol. The SMILES string of the molecule is CCOC(=O)C1Cc2ccccc2C(C)(C)N1C(F)(F)F. The molecule has 1 unspecified atom stereocenters. The number of carbonyl (C=O) groups excluding carboxylic acids is 1. The molecule has 0 saturated carbocycles. The summed E-state index contributed by atoms with van der Waals surface area (Å²) in [6.45, 7) is 4.59. The Morgan fingerprint density at radius 1 is 1.38 bits per heavy atom. The summed E-state index contributed by atoms with van der Waals surface area (Å²) in [6, 6.07) is 5.56. The third-order valence-corrected chi connectivity index (χ3v) is 3.84. The molecule has 1 aromatic rings. The van der Waals surface area contributed by atoms with E-state index in [1.165, 1.54) is 13.8 Å². The van der Waals surface area contributed by atoms with Crippen LogP contribution in [0.2, 0.25) is 0 Å². The van der Waals surface area contributed by atoms with E-state index < -0.39 is 23.9 Å². The molecule has 1 aromatic carbocycles. The van der Waals surface area contributed by atoms with Crippen LogP contribution in [0.5, 0.6) is 0 Å². The van der Waals surface area contributed by atoms with E-state index in [1.54, 1.807) is 31.2 Å². The van der Waals surface area contributed by atoms with Crippen molar-refractivity contribution in [3.63, 3.8) is 0 Å². The van der Waals surface area contributed by atoms with Crippen molar-refractivity contribution >= 4 is 5.97 Å². The van der Waals surface area contributed by atoms with Gasteiger partial charge in [0.05, 0.1) is 6.61 Å². The van der Waals surface area contributed by atoms with Crippen LogP contribution in [0.1, 0.15) is 31.9 Å². The first-order valence-corrected chi connectivity index (χ1v) is 6.80. The summed E-state index contributed by atoms with van der Waals surface area (Å²) in [6.07, 6.45) is -4.62. The first kappa shape index (κ1) is 15.8. The number of nitrogens with zero attached hydrogens (tertiary/aromatic N) is 1. The molecule has 0 aromatic heterocycles. The zero-order valence-corrected chi connectivity index (χ0v) is 12.2. The van der Waals surface area contributed by atoms with Crippen LogP contribution in [-0.4, -0.2) is 29.8 Å². The summed E-state index contributed by atoms with van der Waals surface area (Å²) in [7, 11) is 0. The van der Waals surface area contributed by atoms with E-state index in [1.807, 2.05) is 0 Å². The first-order valence-electron chi connectivity index (χ1n) is 6.80. The Hall–Kier alpha value is -1.56. The summed E-state index contributed by atoms with van der Waals surface area (Å²) in [5.74, 6) is -0.836. The van der Waals surface area contributed by atoms with Gasteiger partial charge >= 0.3 is 12.3 Å². The molecule has 1 aliphatic heterocycles. The molecular weight excluding hydrogens is 283 g/mol. The highest BCUT2D eigenvalue weighted by Gasteiger charge is 2.55. The van der Waals surface area contributed by atoms with Crippen LogP contribution in [0.3, 0.4) is 0 Å². The monoisotopic (exact) mass is 301 g/mol. The van der Waals surface area contributed by atoms with Gasteiger partial charge in [0.2, 0.25) is 0 Å². The minimum Gasteiger partial charge on any atom is -0.465 e. The molecule has 0 fully saturated rings. The van der Waals surface area contributed by atoms with E-state index in [4.69, 9.17) is 4.74 Å². The fourth-order valence-corrected chi connectivity index (χ4v) is 3.03. The van der Waals surface area contributed by atoms with Gasteiger partial charge in [-0.3, -0.25) is 4.79 Å². The number of carbonyl (C=O) groups is 1. The molecule has 1 heterocycles. The number of rotatable bonds is 2. The Kier molecular flexibility index (Phi) is 4.02. The Balaban J connectivity index is 2.54. The number of ether oxygens (including phenoxy) is 1. The van der Waals surface area contributed by atoms with Crippen molar-refractivity contribution in [2.45, 2.75) is 45.1 Å². The summed E-state index contributed by atoms with van der Waals surface area (Å²) in [5.41, 5.74) is 0.00812. The van der Waals surface area contributed by atoms with Crippen molar-refractivity contribution in [2.75, 3.05) is 6.61 Å². The van der Waals surface area contributed by atoms with Crippen molar-refractivity contribution < 1.29 is 22.7 Å².